The van der Waals surface area contributed by atoms with Crippen molar-refractivity contribution >= 4 is 0 Å². The van der Waals surface area contributed by atoms with Crippen LogP contribution < -0.4 is 9.47 Å². The fourth-order valence-electron chi connectivity index (χ4n) is 1.78. The molecule has 1 heterocycles. The van der Waals surface area contributed by atoms with Gasteiger partial charge in [-0.25, -0.2) is 0 Å². The molecule has 0 unspecified atom stereocenters. The highest BCUT2D eigenvalue weighted by molar-refractivity contribution is 5.44. The topological polar surface area (TPSA) is 38.7 Å². The van der Waals surface area contributed by atoms with Crippen LogP contribution in [0.25, 0.3) is 0 Å². The number of hydrogen-bond acceptors (Lipinski definition) is 3. The number of aliphatic hydroxyl groups excluding tert-OH is 1. The molecule has 0 spiro atoms. The molecule has 0 bridgehead atoms. The Bertz CT molecular complexity index is 336. The van der Waals surface area contributed by atoms with Crippen LogP contribution in [0.2, 0.25) is 0 Å². The monoisotopic (exact) mass is 208 g/mol. The molecule has 3 heteroatoms. The summed E-state index contributed by atoms with van der Waals surface area (Å²) in [5.74, 6) is 1.58. The predicted molar refractivity (Wildman–Crippen MR) is 57.2 cm³/mol. The number of ether oxygens (including phenoxy) is 2. The molecule has 0 amide bonds. The van der Waals surface area contributed by atoms with Crippen LogP contribution in [0.1, 0.15) is 25.3 Å². The molecule has 2 rings (SSSR count). The lowest BCUT2D eigenvalue weighted by molar-refractivity contribution is 0.163. The van der Waals surface area contributed by atoms with E-state index in [1.807, 2.05) is 18.2 Å². The van der Waals surface area contributed by atoms with Crippen molar-refractivity contribution in [3.8, 4) is 11.5 Å². The van der Waals surface area contributed by atoms with Crippen molar-refractivity contribution in [1.29, 1.82) is 0 Å². The van der Waals surface area contributed by atoms with Crippen LogP contribution in [0.3, 0.4) is 0 Å². The van der Waals surface area contributed by atoms with E-state index in [1.54, 1.807) is 0 Å². The fourth-order valence-corrected chi connectivity index (χ4v) is 1.78. The van der Waals surface area contributed by atoms with Gasteiger partial charge in [-0.2, -0.15) is 0 Å². The lowest BCUT2D eigenvalue weighted by Gasteiger charge is -2.09. The fraction of sp³-hybridized carbons (Fsp3) is 0.500. The summed E-state index contributed by atoms with van der Waals surface area (Å²) in [5, 5.41) is 9.68. The maximum Gasteiger partial charge on any atom is 0.231 e. The number of rotatable bonds is 4. The standard InChI is InChI=1S/C12H16O3/c1-2-3-10(13)6-9-4-5-11-12(7-9)15-8-14-11/h4-5,7,10,13H,2-3,6,8H2,1H3/t10-/m0/s1. The molecule has 1 aromatic rings. The van der Waals surface area contributed by atoms with Gasteiger partial charge in [0.2, 0.25) is 6.79 Å². The minimum atomic E-state index is -0.254. The van der Waals surface area contributed by atoms with Gasteiger partial charge in [-0.15, -0.1) is 0 Å². The first-order valence-corrected chi connectivity index (χ1v) is 5.36. The summed E-state index contributed by atoms with van der Waals surface area (Å²) in [4.78, 5) is 0. The van der Waals surface area contributed by atoms with Crippen molar-refractivity contribution in [3.05, 3.63) is 23.8 Å². The second kappa shape index (κ2) is 4.53. The Labute approximate surface area is 89.6 Å². The van der Waals surface area contributed by atoms with E-state index in [2.05, 4.69) is 6.92 Å². The zero-order valence-corrected chi connectivity index (χ0v) is 8.90. The molecule has 0 saturated carbocycles. The van der Waals surface area contributed by atoms with Crippen molar-refractivity contribution in [2.75, 3.05) is 6.79 Å². The number of fused-ring (bicyclic) bond motifs is 1. The maximum absolute atomic E-state index is 9.68. The third-order valence-electron chi connectivity index (χ3n) is 2.53. The van der Waals surface area contributed by atoms with E-state index in [9.17, 15) is 5.11 Å². The van der Waals surface area contributed by atoms with Crippen LogP contribution in [0.15, 0.2) is 18.2 Å². The van der Waals surface area contributed by atoms with Gasteiger partial charge in [0, 0.05) is 0 Å². The molecule has 1 aromatic carbocycles. The number of hydrogen-bond donors (Lipinski definition) is 1. The Kier molecular flexibility index (Phi) is 3.11. The Morgan fingerprint density at radius 3 is 2.93 bits per heavy atom. The average Bonchev–Trinajstić information content (AvgIpc) is 2.65. The second-order valence-electron chi connectivity index (χ2n) is 3.83. The minimum absolute atomic E-state index is 0.254. The van der Waals surface area contributed by atoms with Gasteiger partial charge in [0.1, 0.15) is 0 Å². The molecular weight excluding hydrogens is 192 g/mol. The quantitative estimate of drug-likeness (QED) is 0.823. The smallest absolute Gasteiger partial charge is 0.231 e. The van der Waals surface area contributed by atoms with E-state index in [-0.39, 0.29) is 6.10 Å². The molecule has 0 radical (unpaired) electrons. The largest absolute Gasteiger partial charge is 0.454 e. The van der Waals surface area contributed by atoms with Crippen molar-refractivity contribution < 1.29 is 14.6 Å². The Morgan fingerprint density at radius 2 is 2.13 bits per heavy atom. The third-order valence-corrected chi connectivity index (χ3v) is 2.53. The molecule has 0 fully saturated rings. The van der Waals surface area contributed by atoms with Crippen LogP contribution in [0.5, 0.6) is 11.5 Å². The highest BCUT2D eigenvalue weighted by Gasteiger charge is 2.14. The summed E-state index contributed by atoms with van der Waals surface area (Å²) in [6, 6.07) is 5.82. The van der Waals surface area contributed by atoms with Gasteiger partial charge in [0.15, 0.2) is 11.5 Å². The molecule has 1 aliphatic rings. The molecule has 82 valence electrons. The van der Waals surface area contributed by atoms with Gasteiger partial charge in [-0.3, -0.25) is 0 Å². The van der Waals surface area contributed by atoms with Crippen LogP contribution in [0, 0.1) is 0 Å². The molecular formula is C12H16O3. The first kappa shape index (κ1) is 10.3. The van der Waals surface area contributed by atoms with Crippen LogP contribution in [-0.2, 0) is 6.42 Å². The van der Waals surface area contributed by atoms with Gasteiger partial charge < -0.3 is 14.6 Å². The Morgan fingerprint density at radius 1 is 1.33 bits per heavy atom. The Hall–Kier alpha value is -1.22. The van der Waals surface area contributed by atoms with Crippen molar-refractivity contribution in [3.63, 3.8) is 0 Å². The summed E-state index contributed by atoms with van der Waals surface area (Å²) in [6.07, 6.45) is 2.28. The molecule has 0 saturated heterocycles. The summed E-state index contributed by atoms with van der Waals surface area (Å²) in [7, 11) is 0. The average molecular weight is 208 g/mol. The summed E-state index contributed by atoms with van der Waals surface area (Å²) >= 11 is 0. The van der Waals surface area contributed by atoms with E-state index < -0.39 is 0 Å². The molecule has 1 N–H and O–H groups in total. The van der Waals surface area contributed by atoms with E-state index >= 15 is 0 Å². The first-order valence-electron chi connectivity index (χ1n) is 5.36. The predicted octanol–water partition coefficient (Wildman–Crippen LogP) is 2.12. The molecule has 0 aliphatic carbocycles. The Balaban J connectivity index is 2.03. The molecule has 3 nitrogen and oxygen atoms in total. The molecule has 1 aliphatic heterocycles. The highest BCUT2D eigenvalue weighted by Crippen LogP contribution is 2.32. The van der Waals surface area contributed by atoms with Gasteiger partial charge in [-0.05, 0) is 30.5 Å². The van der Waals surface area contributed by atoms with Crippen molar-refractivity contribution in [2.45, 2.75) is 32.3 Å². The summed E-state index contributed by atoms with van der Waals surface area (Å²) in [5.41, 5.74) is 1.10. The van der Waals surface area contributed by atoms with Gasteiger partial charge in [0.25, 0.3) is 0 Å². The third kappa shape index (κ3) is 2.42. The molecule has 0 aromatic heterocycles. The highest BCUT2D eigenvalue weighted by atomic mass is 16.7. The van der Waals surface area contributed by atoms with Crippen LogP contribution >= 0.6 is 0 Å². The van der Waals surface area contributed by atoms with E-state index in [0.717, 1.165) is 29.9 Å². The normalized spacial score (nSPS) is 15.3. The summed E-state index contributed by atoms with van der Waals surface area (Å²) < 4.78 is 10.5. The van der Waals surface area contributed by atoms with E-state index in [0.29, 0.717) is 13.2 Å². The van der Waals surface area contributed by atoms with Crippen LogP contribution in [-0.4, -0.2) is 18.0 Å². The van der Waals surface area contributed by atoms with E-state index in [4.69, 9.17) is 9.47 Å². The van der Waals surface area contributed by atoms with E-state index in [1.165, 1.54) is 0 Å². The zero-order valence-electron chi connectivity index (χ0n) is 8.90. The van der Waals surface area contributed by atoms with Gasteiger partial charge in [-0.1, -0.05) is 19.4 Å². The van der Waals surface area contributed by atoms with Gasteiger partial charge in [0.05, 0.1) is 6.10 Å². The first-order chi connectivity index (χ1) is 7.29. The maximum atomic E-state index is 9.68. The number of aliphatic hydroxyl groups is 1. The molecule has 15 heavy (non-hydrogen) atoms. The van der Waals surface area contributed by atoms with Crippen molar-refractivity contribution in [1.82, 2.24) is 0 Å². The zero-order chi connectivity index (χ0) is 10.7. The minimum Gasteiger partial charge on any atom is -0.454 e. The SMILES string of the molecule is CCC[C@H](O)Cc1ccc2c(c1)OCO2. The van der Waals surface area contributed by atoms with Gasteiger partial charge >= 0.3 is 0 Å². The lowest BCUT2D eigenvalue weighted by Crippen LogP contribution is -2.09. The van der Waals surface area contributed by atoms with Crippen molar-refractivity contribution in [2.24, 2.45) is 0 Å². The summed E-state index contributed by atoms with van der Waals surface area (Å²) in [6.45, 7) is 2.37. The molecule has 1 atom stereocenters. The second-order valence-corrected chi connectivity index (χ2v) is 3.83. The lowest BCUT2D eigenvalue weighted by atomic mass is 10.0. The number of benzene rings is 1. The van der Waals surface area contributed by atoms with Crippen LogP contribution in [0.4, 0.5) is 0 Å².